The molecule has 0 aliphatic carbocycles. The Hall–Kier alpha value is -1.72. The molecule has 2 N–H and O–H groups in total. The average Bonchev–Trinajstić information content (AvgIpc) is 2.44. The second kappa shape index (κ2) is 5.58. The highest BCUT2D eigenvalue weighted by Crippen LogP contribution is 2.31. The molecule has 110 valence electrons. The molecule has 0 spiro atoms. The molecular weight excluding hydrogens is 282 g/mol. The number of anilines is 1. The number of nitrogens with zero attached hydrogens (tertiary/aromatic N) is 2. The van der Waals surface area contributed by atoms with Gasteiger partial charge in [0.25, 0.3) is 0 Å². The number of nitrogens with two attached hydrogens (primary N) is 1. The zero-order valence-corrected chi connectivity index (χ0v) is 13.1. The third kappa shape index (κ3) is 2.71. The van der Waals surface area contributed by atoms with Crippen molar-refractivity contribution in [3.05, 3.63) is 36.0 Å². The van der Waals surface area contributed by atoms with E-state index < -0.39 is 0 Å². The molecule has 1 aliphatic rings. The summed E-state index contributed by atoms with van der Waals surface area (Å²) in [6.07, 6.45) is 2.14. The predicted molar refractivity (Wildman–Crippen MR) is 89.9 cm³/mol. The van der Waals surface area contributed by atoms with Gasteiger partial charge in [-0.25, -0.2) is 0 Å². The fraction of sp³-hybridized carbons (Fsp3) is 0.375. The van der Waals surface area contributed by atoms with Crippen LogP contribution >= 0.6 is 12.2 Å². The van der Waals surface area contributed by atoms with Gasteiger partial charge in [-0.05, 0) is 19.9 Å². The number of thiocarbonyl (C=S) groups is 1. The Morgan fingerprint density at radius 1 is 1.29 bits per heavy atom. The van der Waals surface area contributed by atoms with Crippen molar-refractivity contribution >= 4 is 33.8 Å². The fourth-order valence-corrected chi connectivity index (χ4v) is 3.16. The molecule has 2 heterocycles. The van der Waals surface area contributed by atoms with E-state index in [0.29, 0.717) is 4.99 Å². The van der Waals surface area contributed by atoms with E-state index >= 15 is 0 Å². The van der Waals surface area contributed by atoms with Crippen molar-refractivity contribution in [2.75, 3.05) is 18.0 Å². The molecule has 1 aliphatic heterocycles. The molecule has 1 aromatic carbocycles. The van der Waals surface area contributed by atoms with Crippen LogP contribution in [0, 0.1) is 0 Å². The molecule has 4 nitrogen and oxygen atoms in total. The first-order chi connectivity index (χ1) is 10.1. The summed E-state index contributed by atoms with van der Waals surface area (Å²) in [6, 6.07) is 8.09. The topological polar surface area (TPSA) is 51.4 Å². The van der Waals surface area contributed by atoms with Gasteiger partial charge in [0, 0.05) is 24.7 Å². The Morgan fingerprint density at radius 3 is 2.62 bits per heavy atom. The number of fused-ring (bicyclic) bond motifs is 1. The second-order valence-electron chi connectivity index (χ2n) is 5.56. The van der Waals surface area contributed by atoms with Gasteiger partial charge in [-0.3, -0.25) is 4.98 Å². The highest BCUT2D eigenvalue weighted by molar-refractivity contribution is 7.80. The minimum atomic E-state index is 0.180. The summed E-state index contributed by atoms with van der Waals surface area (Å²) in [5, 5.41) is 1.09. The molecule has 1 saturated heterocycles. The van der Waals surface area contributed by atoms with E-state index in [-0.39, 0.29) is 12.2 Å². The van der Waals surface area contributed by atoms with E-state index in [2.05, 4.69) is 29.8 Å². The molecule has 0 saturated carbocycles. The molecule has 21 heavy (non-hydrogen) atoms. The van der Waals surface area contributed by atoms with Crippen molar-refractivity contribution in [3.63, 3.8) is 0 Å². The Bertz CT molecular complexity index is 678. The summed E-state index contributed by atoms with van der Waals surface area (Å²) < 4.78 is 5.83. The first kappa shape index (κ1) is 14.2. The lowest BCUT2D eigenvalue weighted by atomic mass is 10.1. The van der Waals surface area contributed by atoms with Crippen molar-refractivity contribution < 1.29 is 4.74 Å². The summed E-state index contributed by atoms with van der Waals surface area (Å²) in [4.78, 5) is 7.17. The molecule has 3 rings (SSSR count). The van der Waals surface area contributed by atoms with E-state index in [4.69, 9.17) is 22.7 Å². The summed E-state index contributed by atoms with van der Waals surface area (Å²) in [5.41, 5.74) is 8.79. The number of para-hydroxylation sites is 1. The Kier molecular flexibility index (Phi) is 3.78. The lowest BCUT2D eigenvalue weighted by molar-refractivity contribution is -0.00514. The number of hydrogen-bond acceptors (Lipinski definition) is 4. The van der Waals surface area contributed by atoms with Crippen LogP contribution in [0.2, 0.25) is 0 Å². The van der Waals surface area contributed by atoms with Gasteiger partial charge in [-0.1, -0.05) is 30.4 Å². The maximum absolute atomic E-state index is 5.92. The predicted octanol–water partition coefficient (Wildman–Crippen LogP) is 2.48. The van der Waals surface area contributed by atoms with Gasteiger partial charge >= 0.3 is 0 Å². The van der Waals surface area contributed by atoms with Gasteiger partial charge in [0.1, 0.15) is 4.99 Å². The molecular formula is C16H19N3OS. The number of morpholine rings is 1. The van der Waals surface area contributed by atoms with Crippen LogP contribution in [0.4, 0.5) is 5.69 Å². The molecule has 0 amide bonds. The highest BCUT2D eigenvalue weighted by atomic mass is 32.1. The van der Waals surface area contributed by atoms with Crippen molar-refractivity contribution in [2.24, 2.45) is 5.73 Å². The minimum Gasteiger partial charge on any atom is -0.389 e. The normalized spacial score (nSPS) is 22.5. The Balaban J connectivity index is 2.18. The minimum absolute atomic E-state index is 0.180. The van der Waals surface area contributed by atoms with Crippen molar-refractivity contribution in [2.45, 2.75) is 26.1 Å². The lowest BCUT2D eigenvalue weighted by Gasteiger charge is -2.38. The third-order valence-corrected chi connectivity index (χ3v) is 3.97. The fourth-order valence-electron chi connectivity index (χ4n) is 3.01. The highest BCUT2D eigenvalue weighted by Gasteiger charge is 2.26. The second-order valence-corrected chi connectivity index (χ2v) is 6.00. The van der Waals surface area contributed by atoms with Crippen LogP contribution in [-0.2, 0) is 4.74 Å². The van der Waals surface area contributed by atoms with Crippen LogP contribution in [0.15, 0.2) is 30.5 Å². The van der Waals surface area contributed by atoms with E-state index in [0.717, 1.165) is 35.2 Å². The summed E-state index contributed by atoms with van der Waals surface area (Å²) in [6.45, 7) is 5.83. The van der Waals surface area contributed by atoms with Crippen molar-refractivity contribution in [1.29, 1.82) is 0 Å². The molecule has 0 bridgehead atoms. The third-order valence-electron chi connectivity index (χ3n) is 3.75. The number of pyridine rings is 1. The molecule has 0 radical (unpaired) electrons. The van der Waals surface area contributed by atoms with E-state index in [1.807, 2.05) is 18.2 Å². The largest absolute Gasteiger partial charge is 0.389 e. The standard InChI is InChI=1S/C16H19N3OS/c1-10-8-19(9-11(2)20-10)15-12-5-3-4-6-14(12)18-7-13(15)16(17)21/h3-7,10-11H,8-9H2,1-2H3,(H2,17,21)/t10-,11+. The Morgan fingerprint density at radius 2 is 1.95 bits per heavy atom. The van der Waals surface area contributed by atoms with Crippen molar-refractivity contribution in [3.8, 4) is 0 Å². The van der Waals surface area contributed by atoms with E-state index in [1.54, 1.807) is 6.20 Å². The van der Waals surface area contributed by atoms with Gasteiger partial charge in [0.05, 0.1) is 29.0 Å². The van der Waals surface area contributed by atoms with Crippen LogP contribution in [0.25, 0.3) is 10.9 Å². The van der Waals surface area contributed by atoms with Crippen molar-refractivity contribution in [1.82, 2.24) is 4.98 Å². The van der Waals surface area contributed by atoms with Gasteiger partial charge in [-0.2, -0.15) is 0 Å². The zero-order chi connectivity index (χ0) is 15.0. The average molecular weight is 301 g/mol. The number of aromatic nitrogens is 1. The van der Waals surface area contributed by atoms with Crippen LogP contribution in [-0.4, -0.2) is 35.3 Å². The molecule has 1 aromatic heterocycles. The van der Waals surface area contributed by atoms with E-state index in [1.165, 1.54) is 0 Å². The first-order valence-corrected chi connectivity index (χ1v) is 7.55. The molecule has 2 atom stereocenters. The maximum Gasteiger partial charge on any atom is 0.107 e. The summed E-state index contributed by atoms with van der Waals surface area (Å²) in [5.74, 6) is 0. The monoisotopic (exact) mass is 301 g/mol. The number of hydrogen-bond donors (Lipinski definition) is 1. The van der Waals surface area contributed by atoms with Crippen LogP contribution in [0.1, 0.15) is 19.4 Å². The van der Waals surface area contributed by atoms with Gasteiger partial charge in [0.15, 0.2) is 0 Å². The molecule has 0 unspecified atom stereocenters. The lowest BCUT2D eigenvalue weighted by Crippen LogP contribution is -2.46. The first-order valence-electron chi connectivity index (χ1n) is 7.14. The summed E-state index contributed by atoms with van der Waals surface area (Å²) in [7, 11) is 0. The molecule has 1 fully saturated rings. The summed E-state index contributed by atoms with van der Waals surface area (Å²) >= 11 is 5.22. The molecule has 5 heteroatoms. The number of benzene rings is 1. The van der Waals surface area contributed by atoms with Crippen LogP contribution < -0.4 is 10.6 Å². The SMILES string of the molecule is C[C@@H]1CN(c2c(C(N)=S)cnc3ccccc23)C[C@H](C)O1. The van der Waals surface area contributed by atoms with Gasteiger partial charge in [0.2, 0.25) is 0 Å². The van der Waals surface area contributed by atoms with Crippen LogP contribution in [0.5, 0.6) is 0 Å². The van der Waals surface area contributed by atoms with Gasteiger partial charge in [-0.15, -0.1) is 0 Å². The smallest absolute Gasteiger partial charge is 0.107 e. The Labute approximate surface area is 129 Å². The van der Waals surface area contributed by atoms with E-state index in [9.17, 15) is 0 Å². The van der Waals surface area contributed by atoms with Crippen LogP contribution in [0.3, 0.4) is 0 Å². The number of ether oxygens (including phenoxy) is 1. The maximum atomic E-state index is 5.92. The van der Waals surface area contributed by atoms with Gasteiger partial charge < -0.3 is 15.4 Å². The zero-order valence-electron chi connectivity index (χ0n) is 12.2. The number of rotatable bonds is 2. The quantitative estimate of drug-likeness (QED) is 0.864. The molecule has 2 aromatic rings.